The molecular formula is C56H46ClNO2S2. The van der Waals surface area contributed by atoms with E-state index in [9.17, 15) is 0 Å². The van der Waals surface area contributed by atoms with Crippen LogP contribution in [0.2, 0.25) is 5.02 Å². The summed E-state index contributed by atoms with van der Waals surface area (Å²) in [4.78, 5) is 4.42. The smallest absolute Gasteiger partial charge is 0.136 e. The van der Waals surface area contributed by atoms with Crippen LogP contribution >= 0.6 is 34.7 Å². The predicted octanol–water partition coefficient (Wildman–Crippen LogP) is 18.3. The Balaban J connectivity index is 0.923. The second-order valence-electron chi connectivity index (χ2n) is 18.0. The molecule has 0 atom stereocenters. The summed E-state index contributed by atoms with van der Waals surface area (Å²) in [5.74, 6) is 1.43. The summed E-state index contributed by atoms with van der Waals surface area (Å²) in [6.45, 7) is 13.5. The van der Waals surface area contributed by atoms with E-state index in [1.165, 1.54) is 36.7 Å². The van der Waals surface area contributed by atoms with Crippen molar-refractivity contribution < 1.29 is 9.15 Å². The van der Waals surface area contributed by atoms with Gasteiger partial charge in [-0.05, 0) is 130 Å². The first-order chi connectivity index (χ1) is 29.8. The van der Waals surface area contributed by atoms with E-state index in [1.807, 2.05) is 47.7 Å². The van der Waals surface area contributed by atoms with Crippen molar-refractivity contribution in [3.05, 3.63) is 186 Å². The van der Waals surface area contributed by atoms with E-state index in [0.717, 1.165) is 60.3 Å². The number of para-hydroxylation sites is 1. The van der Waals surface area contributed by atoms with Gasteiger partial charge in [-0.25, -0.2) is 0 Å². The maximum Gasteiger partial charge on any atom is 0.136 e. The second-order valence-corrected chi connectivity index (χ2v) is 20.7. The van der Waals surface area contributed by atoms with Gasteiger partial charge in [-0.2, -0.15) is 0 Å². The van der Waals surface area contributed by atoms with Crippen LogP contribution in [0.1, 0.15) is 52.7 Å². The van der Waals surface area contributed by atoms with E-state index in [2.05, 4.69) is 180 Å². The molecule has 2 heterocycles. The van der Waals surface area contributed by atoms with Crippen molar-refractivity contribution in [1.82, 2.24) is 0 Å². The van der Waals surface area contributed by atoms with Crippen molar-refractivity contribution in [3.8, 4) is 22.6 Å². The summed E-state index contributed by atoms with van der Waals surface area (Å²) in [6, 6.07) is 60.2. The number of thiophene rings is 1. The van der Waals surface area contributed by atoms with E-state index in [0.29, 0.717) is 10.8 Å². The molecule has 62 heavy (non-hydrogen) atoms. The lowest BCUT2D eigenvalue weighted by molar-refractivity contribution is 0.481. The molecule has 0 radical (unpaired) electrons. The Hall–Kier alpha value is -5.98. The fraction of sp³-hybridized carbons (Fsp3) is 0.143. The van der Waals surface area contributed by atoms with Crippen molar-refractivity contribution in [1.29, 1.82) is 0 Å². The monoisotopic (exact) mass is 863 g/mol. The van der Waals surface area contributed by atoms with Gasteiger partial charge in [0.15, 0.2) is 0 Å². The number of nitrogens with zero attached hydrogens (tertiary/aromatic N) is 1. The zero-order valence-electron chi connectivity index (χ0n) is 35.6. The van der Waals surface area contributed by atoms with Gasteiger partial charge in [0.05, 0.1) is 0 Å². The Morgan fingerprint density at radius 3 is 1.92 bits per heavy atom. The molecule has 8 aromatic carbocycles. The Labute approximate surface area is 376 Å². The normalized spacial score (nSPS) is 12.2. The van der Waals surface area contributed by atoms with Crippen LogP contribution < -0.4 is 9.64 Å². The van der Waals surface area contributed by atoms with Crippen LogP contribution in [0.15, 0.2) is 184 Å². The standard InChI is InChI=1S/C56H46ClNO2S2/c1-55(2,3)37-18-22-40(23-19-37)58(41-24-20-38(21-25-41)56(4,5)6)42-12-10-14-45(33-42)61-46-32-39(57)31-44(34-46)59-43-13-9-11-35(29-43)36-17-26-48-52(30-36)62-51-28-27-50-53(54(48)51)47-15-7-8-16-49(47)60-50/h7-34H,1-6H3. The highest BCUT2D eigenvalue weighted by atomic mass is 35.5. The third-order valence-corrected chi connectivity index (χ3v) is 13.8. The number of anilines is 3. The predicted molar refractivity (Wildman–Crippen MR) is 266 cm³/mol. The van der Waals surface area contributed by atoms with Crippen molar-refractivity contribution in [3.63, 3.8) is 0 Å². The Morgan fingerprint density at radius 2 is 1.19 bits per heavy atom. The van der Waals surface area contributed by atoms with Gasteiger partial charge in [-0.15, -0.1) is 11.3 Å². The number of hydrogen-bond acceptors (Lipinski definition) is 5. The van der Waals surface area contributed by atoms with Crippen LogP contribution in [0, 0.1) is 0 Å². The molecule has 10 rings (SSSR count). The summed E-state index contributed by atoms with van der Waals surface area (Å²) in [5, 5.41) is 5.45. The lowest BCUT2D eigenvalue weighted by Gasteiger charge is -2.28. The maximum atomic E-state index is 6.78. The summed E-state index contributed by atoms with van der Waals surface area (Å²) < 4.78 is 15.3. The van der Waals surface area contributed by atoms with Crippen molar-refractivity contribution >= 4 is 93.9 Å². The number of hydrogen-bond donors (Lipinski definition) is 0. The number of fused-ring (bicyclic) bond motifs is 7. The third kappa shape index (κ3) is 7.86. The number of furan rings is 1. The second kappa shape index (κ2) is 15.7. The zero-order valence-corrected chi connectivity index (χ0v) is 38.0. The van der Waals surface area contributed by atoms with Gasteiger partial charge < -0.3 is 14.1 Å². The van der Waals surface area contributed by atoms with Gasteiger partial charge in [0.1, 0.15) is 22.7 Å². The molecule has 0 saturated heterocycles. The van der Waals surface area contributed by atoms with Crippen LogP contribution in [0.4, 0.5) is 17.1 Å². The van der Waals surface area contributed by atoms with E-state index in [1.54, 1.807) is 11.8 Å². The summed E-state index contributed by atoms with van der Waals surface area (Å²) in [7, 11) is 0. The van der Waals surface area contributed by atoms with Crippen LogP contribution in [-0.2, 0) is 10.8 Å². The van der Waals surface area contributed by atoms with E-state index < -0.39 is 0 Å². The molecule has 306 valence electrons. The van der Waals surface area contributed by atoms with Crippen molar-refractivity contribution in [2.45, 2.75) is 62.2 Å². The van der Waals surface area contributed by atoms with Gasteiger partial charge >= 0.3 is 0 Å². The summed E-state index contributed by atoms with van der Waals surface area (Å²) in [6.07, 6.45) is 0. The van der Waals surface area contributed by atoms with Crippen molar-refractivity contribution in [2.24, 2.45) is 0 Å². The maximum absolute atomic E-state index is 6.78. The molecule has 3 nitrogen and oxygen atoms in total. The lowest BCUT2D eigenvalue weighted by Crippen LogP contribution is -2.14. The van der Waals surface area contributed by atoms with Gasteiger partial charge in [-0.1, -0.05) is 138 Å². The first kappa shape index (κ1) is 40.1. The molecule has 0 N–H and O–H groups in total. The minimum Gasteiger partial charge on any atom is -0.457 e. The van der Waals surface area contributed by atoms with E-state index in [-0.39, 0.29) is 10.8 Å². The third-order valence-electron chi connectivity index (χ3n) is 11.5. The molecule has 0 aliphatic rings. The van der Waals surface area contributed by atoms with Crippen molar-refractivity contribution in [2.75, 3.05) is 4.90 Å². The van der Waals surface area contributed by atoms with Gasteiger partial charge in [-0.3, -0.25) is 0 Å². The molecule has 0 spiro atoms. The largest absolute Gasteiger partial charge is 0.457 e. The Morgan fingerprint density at radius 1 is 0.500 bits per heavy atom. The molecule has 0 unspecified atom stereocenters. The molecule has 0 saturated carbocycles. The molecule has 0 bridgehead atoms. The van der Waals surface area contributed by atoms with Crippen LogP contribution in [0.3, 0.4) is 0 Å². The number of benzene rings is 8. The average Bonchev–Trinajstić information content (AvgIpc) is 3.81. The highest BCUT2D eigenvalue weighted by molar-refractivity contribution is 7.99. The molecule has 2 aromatic heterocycles. The number of halogens is 1. The minimum absolute atomic E-state index is 0.0667. The highest BCUT2D eigenvalue weighted by Gasteiger charge is 2.20. The molecule has 0 fully saturated rings. The van der Waals surface area contributed by atoms with Gasteiger partial charge in [0.25, 0.3) is 0 Å². The Bertz CT molecular complexity index is 3220. The van der Waals surface area contributed by atoms with Crippen LogP contribution in [-0.4, -0.2) is 0 Å². The Kier molecular flexibility index (Phi) is 10.2. The first-order valence-electron chi connectivity index (χ1n) is 21.0. The fourth-order valence-corrected chi connectivity index (χ4v) is 10.7. The first-order valence-corrected chi connectivity index (χ1v) is 23.0. The molecule has 0 aliphatic carbocycles. The molecule has 0 aliphatic heterocycles. The topological polar surface area (TPSA) is 25.6 Å². The SMILES string of the molecule is CC(C)(C)c1ccc(N(c2ccc(C(C)(C)C)cc2)c2cccc(Sc3cc(Cl)cc(Oc4cccc(-c5ccc6c(c5)sc5ccc7oc8ccccc8c7c56)c4)c3)c2)cc1. The molecule has 6 heteroatoms. The van der Waals surface area contributed by atoms with Gasteiger partial charge in [0, 0.05) is 62.8 Å². The number of ether oxygens (including phenoxy) is 1. The molecule has 10 aromatic rings. The summed E-state index contributed by atoms with van der Waals surface area (Å²) >= 11 is 10.3. The number of rotatable bonds is 8. The summed E-state index contributed by atoms with van der Waals surface area (Å²) in [5.41, 5.74) is 10.1. The van der Waals surface area contributed by atoms with Crippen LogP contribution in [0.25, 0.3) is 53.2 Å². The minimum atomic E-state index is 0.0667. The fourth-order valence-electron chi connectivity index (χ4n) is 8.28. The quantitative estimate of drug-likeness (QED) is 0.152. The zero-order chi connectivity index (χ0) is 42.8. The molecular weight excluding hydrogens is 818 g/mol. The highest BCUT2D eigenvalue weighted by Crippen LogP contribution is 2.45. The lowest BCUT2D eigenvalue weighted by atomic mass is 9.86. The molecule has 0 amide bonds. The van der Waals surface area contributed by atoms with E-state index in [4.69, 9.17) is 20.8 Å². The average molecular weight is 865 g/mol. The van der Waals surface area contributed by atoms with E-state index >= 15 is 0 Å². The van der Waals surface area contributed by atoms with Gasteiger partial charge in [0.2, 0.25) is 0 Å². The van der Waals surface area contributed by atoms with Crippen LogP contribution in [0.5, 0.6) is 11.5 Å².